The van der Waals surface area contributed by atoms with Crippen LogP contribution >= 0.6 is 15.9 Å². The number of aromatic nitrogens is 2. The summed E-state index contributed by atoms with van der Waals surface area (Å²) in [5.41, 5.74) is 7.84. The molecule has 0 spiro atoms. The van der Waals surface area contributed by atoms with Crippen LogP contribution in [0, 0.1) is 0 Å². The number of piperazine rings is 1. The zero-order valence-electron chi connectivity index (χ0n) is 13.1. The summed E-state index contributed by atoms with van der Waals surface area (Å²) in [4.78, 5) is 24.8. The lowest BCUT2D eigenvalue weighted by Crippen LogP contribution is -2.49. The molecule has 0 saturated carbocycles. The van der Waals surface area contributed by atoms with E-state index >= 15 is 0 Å². The third kappa shape index (κ3) is 3.39. The molecule has 1 aliphatic carbocycles. The SMILES string of the molecule is CCC(=O)N1CCN(c2nc(N)nc3c2C=C(Br)C=CC3)CC1. The molecule has 0 aromatic carbocycles. The molecule has 2 N–H and O–H groups in total. The van der Waals surface area contributed by atoms with Gasteiger partial charge in [-0.05, 0) is 6.08 Å². The van der Waals surface area contributed by atoms with E-state index in [2.05, 4.69) is 36.9 Å². The number of carbonyl (C=O) groups excluding carboxylic acids is 1. The van der Waals surface area contributed by atoms with Crippen LogP contribution < -0.4 is 10.6 Å². The number of nitrogen functional groups attached to an aromatic ring is 1. The van der Waals surface area contributed by atoms with E-state index in [0.717, 1.165) is 41.1 Å². The number of carbonyl (C=O) groups is 1. The fraction of sp³-hybridized carbons (Fsp3) is 0.438. The molecule has 1 aromatic heterocycles. The first-order valence-corrected chi connectivity index (χ1v) is 8.60. The highest BCUT2D eigenvalue weighted by atomic mass is 79.9. The van der Waals surface area contributed by atoms with Crippen LogP contribution in [0.3, 0.4) is 0 Å². The molecule has 1 fully saturated rings. The summed E-state index contributed by atoms with van der Waals surface area (Å²) in [6.07, 6.45) is 7.39. The predicted molar refractivity (Wildman–Crippen MR) is 95.3 cm³/mol. The summed E-state index contributed by atoms with van der Waals surface area (Å²) in [5, 5.41) is 0. The molecule has 2 heterocycles. The first-order valence-electron chi connectivity index (χ1n) is 7.81. The number of nitrogens with zero attached hydrogens (tertiary/aromatic N) is 4. The van der Waals surface area contributed by atoms with Gasteiger partial charge in [0.25, 0.3) is 0 Å². The van der Waals surface area contributed by atoms with Crippen LogP contribution in [0.4, 0.5) is 11.8 Å². The summed E-state index contributed by atoms with van der Waals surface area (Å²) >= 11 is 3.54. The molecule has 1 aliphatic heterocycles. The van der Waals surface area contributed by atoms with E-state index in [1.807, 2.05) is 24.0 Å². The van der Waals surface area contributed by atoms with Crippen LogP contribution in [0.2, 0.25) is 0 Å². The van der Waals surface area contributed by atoms with Gasteiger partial charge < -0.3 is 15.5 Å². The van der Waals surface area contributed by atoms with Crippen molar-refractivity contribution in [3.63, 3.8) is 0 Å². The molecule has 7 heteroatoms. The summed E-state index contributed by atoms with van der Waals surface area (Å²) in [5.74, 6) is 1.36. The average Bonchev–Trinajstić information content (AvgIpc) is 2.74. The third-order valence-corrected chi connectivity index (χ3v) is 4.62. The van der Waals surface area contributed by atoms with Crippen molar-refractivity contribution in [1.82, 2.24) is 14.9 Å². The number of fused-ring (bicyclic) bond motifs is 1. The zero-order chi connectivity index (χ0) is 16.4. The number of rotatable bonds is 2. The molecule has 1 aromatic rings. The van der Waals surface area contributed by atoms with Gasteiger partial charge in [-0.15, -0.1) is 0 Å². The van der Waals surface area contributed by atoms with Gasteiger partial charge in [0.15, 0.2) is 0 Å². The largest absolute Gasteiger partial charge is 0.368 e. The van der Waals surface area contributed by atoms with Crippen molar-refractivity contribution in [2.75, 3.05) is 36.8 Å². The Kier molecular flexibility index (Phi) is 4.66. The molecule has 1 saturated heterocycles. The number of anilines is 2. The van der Waals surface area contributed by atoms with Crippen LogP contribution in [0.15, 0.2) is 16.6 Å². The van der Waals surface area contributed by atoms with Crippen molar-refractivity contribution < 1.29 is 4.79 Å². The second-order valence-corrected chi connectivity index (χ2v) is 6.54. The molecule has 23 heavy (non-hydrogen) atoms. The summed E-state index contributed by atoms with van der Waals surface area (Å²) in [6, 6.07) is 0. The summed E-state index contributed by atoms with van der Waals surface area (Å²) < 4.78 is 0.991. The molecular formula is C16H20BrN5O. The maximum Gasteiger partial charge on any atom is 0.222 e. The van der Waals surface area contributed by atoms with Gasteiger partial charge in [-0.25, -0.2) is 4.98 Å². The maximum atomic E-state index is 11.8. The van der Waals surface area contributed by atoms with Gasteiger partial charge in [0, 0.05) is 49.1 Å². The van der Waals surface area contributed by atoms with Crippen molar-refractivity contribution in [2.24, 2.45) is 0 Å². The van der Waals surface area contributed by atoms with E-state index in [0.29, 0.717) is 25.5 Å². The molecule has 1 amide bonds. The van der Waals surface area contributed by atoms with Crippen molar-refractivity contribution in [1.29, 1.82) is 0 Å². The minimum Gasteiger partial charge on any atom is -0.368 e. The molecule has 3 rings (SSSR count). The Hall–Kier alpha value is -1.89. The van der Waals surface area contributed by atoms with Gasteiger partial charge in [0.1, 0.15) is 5.82 Å². The van der Waals surface area contributed by atoms with Crippen molar-refractivity contribution >= 4 is 39.7 Å². The molecule has 6 nitrogen and oxygen atoms in total. The highest BCUT2D eigenvalue weighted by molar-refractivity contribution is 9.12. The molecule has 0 atom stereocenters. The lowest BCUT2D eigenvalue weighted by molar-refractivity contribution is -0.131. The number of allylic oxidation sites excluding steroid dienone is 3. The Balaban J connectivity index is 1.88. The average molecular weight is 378 g/mol. The van der Waals surface area contributed by atoms with E-state index in [-0.39, 0.29) is 5.91 Å². The summed E-state index contributed by atoms with van der Waals surface area (Å²) in [7, 11) is 0. The van der Waals surface area contributed by atoms with Crippen LogP contribution in [-0.4, -0.2) is 47.0 Å². The van der Waals surface area contributed by atoms with Crippen molar-refractivity contribution in [3.8, 4) is 0 Å². The van der Waals surface area contributed by atoms with Crippen LogP contribution in [-0.2, 0) is 11.2 Å². The Morgan fingerprint density at radius 2 is 2.04 bits per heavy atom. The molecule has 122 valence electrons. The molecule has 2 aliphatic rings. The van der Waals surface area contributed by atoms with Crippen molar-refractivity contribution in [3.05, 3.63) is 27.9 Å². The normalized spacial score (nSPS) is 17.6. The molecular weight excluding hydrogens is 358 g/mol. The fourth-order valence-corrected chi connectivity index (χ4v) is 3.34. The third-order valence-electron chi connectivity index (χ3n) is 4.13. The Bertz CT molecular complexity index is 677. The summed E-state index contributed by atoms with van der Waals surface area (Å²) in [6.45, 7) is 4.85. The second kappa shape index (κ2) is 6.70. The highest BCUT2D eigenvalue weighted by Crippen LogP contribution is 2.29. The smallest absolute Gasteiger partial charge is 0.222 e. The first kappa shape index (κ1) is 16.0. The van der Waals surface area contributed by atoms with E-state index in [4.69, 9.17) is 5.73 Å². The van der Waals surface area contributed by atoms with E-state index in [9.17, 15) is 4.79 Å². The fourth-order valence-electron chi connectivity index (χ4n) is 2.93. The Labute approximate surface area is 144 Å². The second-order valence-electron chi connectivity index (χ2n) is 5.62. The van der Waals surface area contributed by atoms with Gasteiger partial charge in [0.2, 0.25) is 11.9 Å². The van der Waals surface area contributed by atoms with Crippen LogP contribution in [0.1, 0.15) is 24.6 Å². The van der Waals surface area contributed by atoms with E-state index in [1.54, 1.807) is 0 Å². The molecule has 0 unspecified atom stereocenters. The predicted octanol–water partition coefficient (Wildman–Crippen LogP) is 1.97. The lowest BCUT2D eigenvalue weighted by Gasteiger charge is -2.36. The van der Waals surface area contributed by atoms with Crippen molar-refractivity contribution in [2.45, 2.75) is 19.8 Å². The van der Waals surface area contributed by atoms with E-state index < -0.39 is 0 Å². The lowest BCUT2D eigenvalue weighted by atomic mass is 10.1. The minimum absolute atomic E-state index is 0.206. The first-order chi connectivity index (χ1) is 11.1. The van der Waals surface area contributed by atoms with Gasteiger partial charge in [-0.3, -0.25) is 4.79 Å². The number of amides is 1. The molecule has 0 bridgehead atoms. The van der Waals surface area contributed by atoms with Gasteiger partial charge in [0.05, 0.1) is 5.69 Å². The van der Waals surface area contributed by atoms with Gasteiger partial charge in [-0.1, -0.05) is 35.0 Å². The topological polar surface area (TPSA) is 75.4 Å². The van der Waals surface area contributed by atoms with Crippen LogP contribution in [0.25, 0.3) is 6.08 Å². The van der Waals surface area contributed by atoms with Gasteiger partial charge >= 0.3 is 0 Å². The Morgan fingerprint density at radius 3 is 2.74 bits per heavy atom. The highest BCUT2D eigenvalue weighted by Gasteiger charge is 2.24. The number of nitrogens with two attached hydrogens (primary N) is 1. The number of hydrogen-bond acceptors (Lipinski definition) is 5. The number of hydrogen-bond donors (Lipinski definition) is 1. The maximum absolute atomic E-state index is 11.8. The monoisotopic (exact) mass is 377 g/mol. The van der Waals surface area contributed by atoms with Crippen LogP contribution in [0.5, 0.6) is 0 Å². The number of halogens is 1. The molecule has 0 radical (unpaired) electrons. The Morgan fingerprint density at radius 1 is 1.30 bits per heavy atom. The minimum atomic E-state index is 0.206. The quantitative estimate of drug-likeness (QED) is 0.852. The van der Waals surface area contributed by atoms with E-state index in [1.165, 1.54) is 0 Å². The zero-order valence-corrected chi connectivity index (χ0v) is 14.7. The van der Waals surface area contributed by atoms with Gasteiger partial charge in [-0.2, -0.15) is 4.98 Å². The standard InChI is InChI=1S/C16H20BrN5O/c1-2-14(23)21-6-8-22(9-7-21)15-12-10-11(17)4-3-5-13(12)19-16(18)20-15/h3-4,10H,2,5-9H2,1H3,(H2,18,19,20).